The molecule has 3 N–H and O–H groups in total. The van der Waals surface area contributed by atoms with Crippen LogP contribution in [0.15, 0.2) is 188 Å². The van der Waals surface area contributed by atoms with Crippen LogP contribution < -0.4 is 44.6 Å². The molecule has 0 bridgehead atoms. The van der Waals surface area contributed by atoms with E-state index in [4.69, 9.17) is 14.6 Å². The molecule has 76 heavy (non-hydrogen) atoms. The largest absolute Gasteiger partial charge is 0.465 e. The number of rotatable bonds is 11. The van der Waals surface area contributed by atoms with Crippen LogP contribution in [0.3, 0.4) is 0 Å². The van der Waals surface area contributed by atoms with Crippen LogP contribution in [-0.2, 0) is 0 Å². The van der Waals surface area contributed by atoms with Crippen molar-refractivity contribution >= 4 is 69.9 Å². The van der Waals surface area contributed by atoms with Gasteiger partial charge in [0.2, 0.25) is 0 Å². The van der Waals surface area contributed by atoms with Gasteiger partial charge in [-0.05, 0) is 155 Å². The average molecular weight is 1020 g/mol. The molecule has 0 radical (unpaired) electrons. The van der Waals surface area contributed by atoms with Gasteiger partial charge in [0.15, 0.2) is 0 Å². The second-order valence-electron chi connectivity index (χ2n) is 18.3. The Labute approximate surface area is 444 Å². The first kappa shape index (κ1) is 54.7. The average Bonchev–Trinajstić information content (AvgIpc) is 3.46. The summed E-state index contributed by atoms with van der Waals surface area (Å²) in [4.78, 5) is 69.5. The van der Waals surface area contributed by atoms with Gasteiger partial charge in [-0.15, -0.1) is 0 Å². The van der Waals surface area contributed by atoms with Gasteiger partial charge in [0, 0.05) is 110 Å². The molecule has 2 fully saturated rings. The normalized spacial score (nSPS) is 13.7. The molecular weight excluding hydrogens is 959 g/mol. The number of hydrogen-bond acceptors (Lipinski definition) is 9. The summed E-state index contributed by atoms with van der Waals surface area (Å²) in [7, 11) is 4.81. The number of anilines is 7. The maximum atomic E-state index is 12.8. The van der Waals surface area contributed by atoms with E-state index in [0.29, 0.717) is 45.7 Å². The van der Waals surface area contributed by atoms with Crippen molar-refractivity contribution in [3.05, 3.63) is 199 Å². The lowest BCUT2D eigenvalue weighted by molar-refractivity contribution is 0.101. The molecule has 2 aliphatic heterocycles. The van der Waals surface area contributed by atoms with E-state index in [2.05, 4.69) is 27.4 Å². The van der Waals surface area contributed by atoms with Crippen LogP contribution in [-0.4, -0.2) is 82.0 Å². The number of carbonyl (C=O) groups is 5. The van der Waals surface area contributed by atoms with E-state index in [0.717, 1.165) is 42.4 Å². The molecule has 0 aromatic heterocycles. The maximum absolute atomic E-state index is 12.8. The Morgan fingerprint density at radius 1 is 0.474 bits per heavy atom. The number of nitrogens with zero attached hydrogens (tertiary/aromatic N) is 5. The van der Waals surface area contributed by atoms with Gasteiger partial charge in [0.25, 0.3) is 11.8 Å². The zero-order valence-corrected chi connectivity index (χ0v) is 43.4. The highest BCUT2D eigenvalue weighted by Gasteiger charge is 2.20. The van der Waals surface area contributed by atoms with Gasteiger partial charge in [-0.2, -0.15) is 0 Å². The topological polar surface area (TPSA) is 164 Å². The molecule has 2 saturated heterocycles. The number of ether oxygens (including phenoxy) is 2. The monoisotopic (exact) mass is 1020 g/mol. The maximum Gasteiger partial charge on any atom is 0.419 e. The Hall–Kier alpha value is -9.11. The number of carboxylic acid groups (broad SMARTS) is 1. The fourth-order valence-corrected chi connectivity index (χ4v) is 8.56. The number of nitrogens with one attached hydrogen (secondary N) is 2. The summed E-state index contributed by atoms with van der Waals surface area (Å²) >= 11 is 0. The van der Waals surface area contributed by atoms with Crippen molar-refractivity contribution in [3.8, 4) is 11.5 Å². The van der Waals surface area contributed by atoms with E-state index < -0.39 is 18.3 Å². The van der Waals surface area contributed by atoms with Gasteiger partial charge in [-0.25, -0.2) is 14.4 Å². The van der Waals surface area contributed by atoms with E-state index in [9.17, 15) is 24.0 Å². The summed E-state index contributed by atoms with van der Waals surface area (Å²) in [5.74, 6) is 0.296. The third-order valence-electron chi connectivity index (χ3n) is 13.0. The minimum absolute atomic E-state index is 0.208. The summed E-state index contributed by atoms with van der Waals surface area (Å²) in [6, 6.07) is 57.0. The Kier molecular flexibility index (Phi) is 19.6. The minimum atomic E-state index is -0.948. The lowest BCUT2D eigenvalue weighted by Crippen LogP contribution is -2.37. The molecule has 7 aromatic rings. The number of para-hydroxylation sites is 3. The highest BCUT2D eigenvalue weighted by atomic mass is 16.6. The third-order valence-corrected chi connectivity index (χ3v) is 13.0. The molecule has 0 spiro atoms. The summed E-state index contributed by atoms with van der Waals surface area (Å²) in [6.45, 7) is 5.43. The van der Waals surface area contributed by atoms with Crippen molar-refractivity contribution < 1.29 is 38.6 Å². The number of carbonyl (C=O) groups excluding carboxylic acids is 4. The molecule has 392 valence electrons. The number of amides is 5. The molecule has 15 heteroatoms. The summed E-state index contributed by atoms with van der Waals surface area (Å²) in [5.41, 5.74) is 6.72. The zero-order valence-electron chi connectivity index (χ0n) is 43.4. The fraction of sp³-hybridized carbons (Fsp3) is 0.230. The van der Waals surface area contributed by atoms with Gasteiger partial charge in [0.05, 0.1) is 0 Å². The van der Waals surface area contributed by atoms with Crippen molar-refractivity contribution in [3.63, 3.8) is 0 Å². The molecule has 1 unspecified atom stereocenters. The quantitative estimate of drug-likeness (QED) is 0.114. The number of piperidine rings is 2. The first-order valence-corrected chi connectivity index (χ1v) is 25.4. The summed E-state index contributed by atoms with van der Waals surface area (Å²) < 4.78 is 11.0. The van der Waals surface area contributed by atoms with Gasteiger partial charge in [-0.1, -0.05) is 66.7 Å². The number of hydrogen-bond donors (Lipinski definition) is 3. The third kappa shape index (κ3) is 15.7. The smallest absolute Gasteiger partial charge is 0.419 e. The molecule has 0 saturated carbocycles. The van der Waals surface area contributed by atoms with Crippen LogP contribution in [0, 0.1) is 0 Å². The lowest BCUT2D eigenvalue weighted by Gasteiger charge is -2.35. The van der Waals surface area contributed by atoms with E-state index in [1.807, 2.05) is 115 Å². The predicted molar refractivity (Wildman–Crippen MR) is 303 cm³/mol. The second-order valence-corrected chi connectivity index (χ2v) is 18.3. The molecule has 7 aromatic carbocycles. The highest BCUT2D eigenvalue weighted by Crippen LogP contribution is 2.27. The first-order chi connectivity index (χ1) is 36.8. The van der Waals surface area contributed by atoms with Crippen molar-refractivity contribution in [1.82, 2.24) is 0 Å². The first-order valence-electron chi connectivity index (χ1n) is 25.4. The molecular formula is C61H65N7O8. The fourth-order valence-electron chi connectivity index (χ4n) is 8.56. The van der Waals surface area contributed by atoms with E-state index in [1.165, 1.54) is 60.3 Å². The van der Waals surface area contributed by atoms with Gasteiger partial charge >= 0.3 is 18.3 Å². The molecule has 2 aliphatic rings. The SMILES string of the molecule is CC1CCCCN1c1ccc(C(=O)Nc2cccc(OC(=O)N(C)c3ccccc3)c2)cc1.CN(C(=O)O)c1ccccc1.CN(C(=O)Oc1cccc(NC(=O)c2ccc(N3CCCCC3)cc2)c1)c1ccccc1. The van der Waals surface area contributed by atoms with Gasteiger partial charge in [0.1, 0.15) is 11.5 Å². The Bertz CT molecular complexity index is 2990. The van der Waals surface area contributed by atoms with Gasteiger partial charge in [-0.3, -0.25) is 24.3 Å². The predicted octanol–water partition coefficient (Wildman–Crippen LogP) is 13.3. The van der Waals surface area contributed by atoms with Crippen LogP contribution in [0.25, 0.3) is 0 Å². The Morgan fingerprint density at radius 3 is 1.30 bits per heavy atom. The molecule has 2 heterocycles. The van der Waals surface area contributed by atoms with E-state index >= 15 is 0 Å². The molecule has 1 atom stereocenters. The van der Waals surface area contributed by atoms with Crippen LogP contribution in [0.2, 0.25) is 0 Å². The van der Waals surface area contributed by atoms with Crippen molar-refractivity contribution in [2.75, 3.05) is 75.9 Å². The van der Waals surface area contributed by atoms with Crippen molar-refractivity contribution in [1.29, 1.82) is 0 Å². The van der Waals surface area contributed by atoms with E-state index in [-0.39, 0.29) is 11.8 Å². The van der Waals surface area contributed by atoms with Crippen molar-refractivity contribution in [2.24, 2.45) is 0 Å². The summed E-state index contributed by atoms with van der Waals surface area (Å²) in [6.07, 6.45) is 5.42. The minimum Gasteiger partial charge on any atom is -0.465 e. The standard InChI is InChI=1S/C27H29N3O3.C26H27N3O3.C8H9NO2/c1-20-9-6-7-18-30(20)24-16-14-21(15-17-24)26(31)28-22-10-8-13-25(19-22)33-27(32)29(2)23-11-4-3-5-12-23;1-28(22-10-4-2-5-11-22)26(31)32-24-12-8-9-21(19-24)27-25(30)20-13-15-23(16-14-20)29-17-6-3-7-18-29;1-9(8(10)11)7-5-3-2-4-6-7/h3-5,8,10-17,19-20H,6-7,9,18H2,1-2H3,(H,28,31);2,4-5,8-16,19H,3,6-7,17-18H2,1H3,(H,27,30);2-6H,1H3,(H,10,11). The van der Waals surface area contributed by atoms with E-state index in [1.54, 1.807) is 86.9 Å². The number of benzene rings is 7. The Morgan fingerprint density at radius 2 is 0.882 bits per heavy atom. The van der Waals surface area contributed by atoms with Crippen LogP contribution in [0.4, 0.5) is 54.2 Å². The summed E-state index contributed by atoms with van der Waals surface area (Å²) in [5, 5.41) is 14.3. The van der Waals surface area contributed by atoms with Crippen LogP contribution in [0.1, 0.15) is 66.2 Å². The van der Waals surface area contributed by atoms with Crippen LogP contribution >= 0.6 is 0 Å². The molecule has 0 aliphatic carbocycles. The zero-order chi connectivity index (χ0) is 53.8. The molecule has 15 nitrogen and oxygen atoms in total. The lowest BCUT2D eigenvalue weighted by atomic mass is 10.0. The Balaban J connectivity index is 0.000000185. The van der Waals surface area contributed by atoms with Crippen molar-refractivity contribution in [2.45, 2.75) is 51.5 Å². The molecule has 9 rings (SSSR count). The van der Waals surface area contributed by atoms with Gasteiger partial charge < -0.3 is 35.0 Å². The van der Waals surface area contributed by atoms with Crippen LogP contribution in [0.5, 0.6) is 11.5 Å². The molecule has 5 amide bonds. The highest BCUT2D eigenvalue weighted by molar-refractivity contribution is 6.05. The second kappa shape index (κ2) is 27.3.